The van der Waals surface area contributed by atoms with Crippen LogP contribution in [0, 0.1) is 4.91 Å². The molecule has 0 fully saturated rings. The summed E-state index contributed by atoms with van der Waals surface area (Å²) < 4.78 is 0. The molecule has 0 saturated carbocycles. The number of rotatable bonds is 1. The molecule has 0 bridgehead atoms. The third-order valence-electron chi connectivity index (χ3n) is 0.0730. The van der Waals surface area contributed by atoms with Crippen molar-refractivity contribution in [2.45, 2.75) is 0 Å². The predicted octanol–water partition coefficient (Wildman–Crippen LogP) is -0.657. The smallest absolute Gasteiger partial charge is 0.0989 e. The molecule has 0 aromatic rings. The van der Waals surface area contributed by atoms with E-state index < -0.39 is 5.28 Å². The molecule has 1 N–H and O–H groups in total. The van der Waals surface area contributed by atoms with Crippen molar-refractivity contribution >= 4 is 0 Å². The molecule has 0 atom stereocenters. The predicted molar refractivity (Wildman–Crippen MR) is 11.6 cm³/mol. The van der Waals surface area contributed by atoms with Gasteiger partial charge in [0.2, 0.25) is 0 Å². The second kappa shape index (κ2) is 1.62. The van der Waals surface area contributed by atoms with Crippen LogP contribution in [0.15, 0.2) is 5.29 Å². The van der Waals surface area contributed by atoms with E-state index in [2.05, 4.69) is 0 Å². The number of nitrogens with zero attached hydrogens (tertiary/aromatic N) is 3. The molecule has 0 saturated heterocycles. The maximum atomic E-state index is 8.68. The zero-order chi connectivity index (χ0) is 4.28. The van der Waals surface area contributed by atoms with Gasteiger partial charge < -0.3 is 0 Å². The van der Waals surface area contributed by atoms with Crippen LogP contribution in [0.4, 0.5) is 0 Å². The van der Waals surface area contributed by atoms with Crippen molar-refractivity contribution in [3.05, 3.63) is 4.91 Å². The van der Waals surface area contributed by atoms with E-state index in [1.165, 1.54) is 0 Å². The Kier molecular flexibility index (Phi) is 1.40. The van der Waals surface area contributed by atoms with Crippen molar-refractivity contribution in [1.82, 2.24) is 11.1 Å². The largest absolute Gasteiger partial charge is 0.252 e. The molecule has 0 aliphatic rings. The summed E-state index contributed by atoms with van der Waals surface area (Å²) in [6.45, 7) is 0. The number of hydrogen-bond acceptors (Lipinski definition) is 3. The van der Waals surface area contributed by atoms with Crippen LogP contribution in [0.1, 0.15) is 0 Å². The lowest BCUT2D eigenvalue weighted by Crippen LogP contribution is -2.04. The van der Waals surface area contributed by atoms with E-state index >= 15 is 0 Å². The van der Waals surface area contributed by atoms with Gasteiger partial charge in [0.25, 0.3) is 0 Å². The summed E-state index contributed by atoms with van der Waals surface area (Å²) in [4.78, 5) is 8.68. The van der Waals surface area contributed by atoms with E-state index in [0.29, 0.717) is 0 Å². The Hall–Kier alpha value is -0.680. The molecule has 5 heteroatoms. The summed E-state index contributed by atoms with van der Waals surface area (Å²) in [7, 11) is 0. The van der Waals surface area contributed by atoms with Crippen LogP contribution in [0.3, 0.4) is 0 Å². The van der Waals surface area contributed by atoms with Crippen molar-refractivity contribution < 1.29 is 5.21 Å². The van der Waals surface area contributed by atoms with Gasteiger partial charge in [0.15, 0.2) is 0 Å². The van der Waals surface area contributed by atoms with Crippen molar-refractivity contribution in [2.24, 2.45) is 5.29 Å². The lowest BCUT2D eigenvalue weighted by Gasteiger charge is -1.81. The fourth-order valence-electron chi connectivity index (χ4n) is 0. The lowest BCUT2D eigenvalue weighted by atomic mass is 12.4. The highest BCUT2D eigenvalue weighted by atomic mass is 16.6. The Morgan fingerprint density at radius 1 is 2.00 bits per heavy atom. The normalized spacial score (nSPS) is 6.80. The molecular formula is HN3O2. The van der Waals surface area contributed by atoms with E-state index in [1.54, 1.807) is 5.29 Å². The summed E-state index contributed by atoms with van der Waals surface area (Å²) in [6, 6.07) is 0. The molecule has 0 aliphatic carbocycles. The zero-order valence-corrected chi connectivity index (χ0v) is 2.20. The van der Waals surface area contributed by atoms with E-state index in [0.717, 1.165) is 0 Å². The second-order valence-corrected chi connectivity index (χ2v) is 0.350. The van der Waals surface area contributed by atoms with Gasteiger partial charge in [0, 0.05) is 5.84 Å². The third kappa shape index (κ3) is 3.32. The lowest BCUT2D eigenvalue weighted by molar-refractivity contribution is -0.103. The average molecular weight is 75.0 g/mol. The van der Waals surface area contributed by atoms with Gasteiger partial charge in [0.1, 0.15) is 0 Å². The quantitative estimate of drug-likeness (QED) is 0.332. The molecule has 0 heterocycles. The first-order chi connectivity index (χ1) is 2.27. The molecule has 5 heavy (non-hydrogen) atoms. The summed E-state index contributed by atoms with van der Waals surface area (Å²) >= 11 is 0. The molecule has 28 valence electrons. The van der Waals surface area contributed by atoms with Crippen LogP contribution in [0.25, 0.3) is 0 Å². The van der Waals surface area contributed by atoms with Gasteiger partial charge in [-0.2, -0.15) is 0 Å². The molecule has 0 aliphatic heterocycles. The van der Waals surface area contributed by atoms with Gasteiger partial charge in [-0.05, 0) is 5.28 Å². The average Bonchev–Trinajstić information content (AvgIpc) is 1.38. The van der Waals surface area contributed by atoms with Gasteiger partial charge in [-0.25, -0.2) is 0 Å². The first-order valence-corrected chi connectivity index (χ1v) is 0.783. The van der Waals surface area contributed by atoms with E-state index in [9.17, 15) is 0 Å². The minimum Gasteiger partial charge on any atom is -0.252 e. The third-order valence-corrected chi connectivity index (χ3v) is 0.0730. The number of hydrogen-bond donors (Lipinski definition) is 1. The highest BCUT2D eigenvalue weighted by molar-refractivity contribution is 4.00. The zero-order valence-electron chi connectivity index (χ0n) is 2.20. The Morgan fingerprint density at radius 2 is 2.20 bits per heavy atom. The van der Waals surface area contributed by atoms with Crippen LogP contribution in [-0.4, -0.2) is 10.5 Å². The van der Waals surface area contributed by atoms with Crippen molar-refractivity contribution in [1.29, 1.82) is 0 Å². The Morgan fingerprint density at radius 3 is 2.20 bits per heavy atom. The SMILES string of the molecule is [N]N(O)N=O. The molecule has 0 spiro atoms. The Balaban J connectivity index is 2.83. The van der Waals surface area contributed by atoms with E-state index in [1.807, 2.05) is 0 Å². The Bertz CT molecular complexity index is 31.9. The standard InChI is InChI=1S/HN3O2/c1-3(5)2-4/h5H. The fourth-order valence-corrected chi connectivity index (χ4v) is 0. The molecular weight excluding hydrogens is 74.0 g/mol. The monoisotopic (exact) mass is 75.0 g/mol. The molecule has 0 unspecified atom stereocenters. The van der Waals surface area contributed by atoms with Crippen molar-refractivity contribution in [3.8, 4) is 0 Å². The van der Waals surface area contributed by atoms with Gasteiger partial charge in [-0.15, -0.1) is 4.91 Å². The maximum Gasteiger partial charge on any atom is 0.0989 e. The molecule has 0 aromatic heterocycles. The number of nitroso groups, excluding NO2 is 1. The van der Waals surface area contributed by atoms with Crippen molar-refractivity contribution in [3.63, 3.8) is 0 Å². The van der Waals surface area contributed by atoms with Gasteiger partial charge in [-0.3, -0.25) is 5.21 Å². The molecule has 2 radical (unpaired) electrons. The molecule has 0 amide bonds. The molecule has 0 rings (SSSR count). The van der Waals surface area contributed by atoms with Crippen LogP contribution in [0.5, 0.6) is 0 Å². The van der Waals surface area contributed by atoms with E-state index in [-0.39, 0.29) is 0 Å². The highest BCUT2D eigenvalue weighted by Crippen LogP contribution is 1.60. The second-order valence-electron chi connectivity index (χ2n) is 0.350. The highest BCUT2D eigenvalue weighted by Gasteiger charge is 1.77. The fraction of sp³-hybridized carbons (Fsp3) is 0. The summed E-state index contributed by atoms with van der Waals surface area (Å²) in [6.07, 6.45) is 0. The van der Waals surface area contributed by atoms with Crippen LogP contribution >= 0.6 is 0 Å². The van der Waals surface area contributed by atoms with Gasteiger partial charge in [-0.1, -0.05) is 0 Å². The van der Waals surface area contributed by atoms with Crippen molar-refractivity contribution in [2.75, 3.05) is 0 Å². The summed E-state index contributed by atoms with van der Waals surface area (Å²) in [5, 5.41) is 8.05. The first kappa shape index (κ1) is 4.32. The maximum absolute atomic E-state index is 8.68. The molecule has 5 nitrogen and oxygen atoms in total. The molecule has 0 aromatic carbocycles. The van der Waals surface area contributed by atoms with Crippen LogP contribution in [0.2, 0.25) is 0 Å². The minimum atomic E-state index is -0.806. The Labute approximate surface area is 27.9 Å². The van der Waals surface area contributed by atoms with Crippen LogP contribution < -0.4 is 5.84 Å². The van der Waals surface area contributed by atoms with Gasteiger partial charge in [0.05, 0.1) is 5.29 Å². The van der Waals surface area contributed by atoms with E-state index in [4.69, 9.17) is 16.0 Å². The minimum absolute atomic E-state index is 0.806. The summed E-state index contributed by atoms with van der Waals surface area (Å²) in [5.41, 5.74) is 0. The van der Waals surface area contributed by atoms with Gasteiger partial charge >= 0.3 is 0 Å². The topological polar surface area (TPSA) is 75.2 Å². The summed E-state index contributed by atoms with van der Waals surface area (Å²) in [5.74, 6) is 7.27. The van der Waals surface area contributed by atoms with Crippen LogP contribution in [-0.2, 0) is 0 Å². The first-order valence-electron chi connectivity index (χ1n) is 0.783.